The molecule has 6 heteroatoms. The number of methoxy groups -OCH3 is 1. The highest BCUT2D eigenvalue weighted by Crippen LogP contribution is 2.29. The molecule has 21 heavy (non-hydrogen) atoms. The molecule has 5 nitrogen and oxygen atoms in total. The number of hydrogen-bond donors (Lipinski definition) is 1. The van der Waals surface area contributed by atoms with E-state index in [-0.39, 0.29) is 0 Å². The predicted octanol–water partition coefficient (Wildman–Crippen LogP) is 3.14. The third kappa shape index (κ3) is 4.32. The van der Waals surface area contributed by atoms with Crippen LogP contribution in [-0.2, 0) is 11.4 Å². The Bertz CT molecular complexity index is 663. The van der Waals surface area contributed by atoms with Gasteiger partial charge in [0.1, 0.15) is 6.61 Å². The van der Waals surface area contributed by atoms with E-state index in [9.17, 15) is 4.79 Å². The standard InChI is InChI=1S/C15H15NO4S/c1-10-16-8-12(21-10)9-20-13-5-3-11(4-6-15(17)18)7-14(13)19-2/h3-8H,9H2,1-2H3,(H,17,18). The Morgan fingerprint density at radius 3 is 2.86 bits per heavy atom. The molecule has 0 saturated heterocycles. The summed E-state index contributed by atoms with van der Waals surface area (Å²) < 4.78 is 11.0. The smallest absolute Gasteiger partial charge is 0.328 e. The van der Waals surface area contributed by atoms with Gasteiger partial charge in [-0.3, -0.25) is 0 Å². The van der Waals surface area contributed by atoms with E-state index in [4.69, 9.17) is 14.6 Å². The van der Waals surface area contributed by atoms with Gasteiger partial charge in [-0.05, 0) is 30.7 Å². The minimum atomic E-state index is -0.991. The quantitative estimate of drug-likeness (QED) is 0.830. The van der Waals surface area contributed by atoms with Crippen molar-refractivity contribution < 1.29 is 19.4 Å². The van der Waals surface area contributed by atoms with E-state index in [0.717, 1.165) is 21.5 Å². The van der Waals surface area contributed by atoms with Crippen LogP contribution < -0.4 is 9.47 Å². The molecule has 0 fully saturated rings. The van der Waals surface area contributed by atoms with Gasteiger partial charge in [0.2, 0.25) is 0 Å². The van der Waals surface area contributed by atoms with Crippen LogP contribution >= 0.6 is 11.3 Å². The normalized spacial score (nSPS) is 10.8. The number of ether oxygens (including phenoxy) is 2. The number of carboxylic acids is 1. The minimum absolute atomic E-state index is 0.423. The second-order valence-corrected chi connectivity index (χ2v) is 5.54. The van der Waals surface area contributed by atoms with Crippen LogP contribution in [0.4, 0.5) is 0 Å². The van der Waals surface area contributed by atoms with E-state index in [1.54, 1.807) is 42.8 Å². The van der Waals surface area contributed by atoms with Crippen molar-refractivity contribution in [3.63, 3.8) is 0 Å². The first-order chi connectivity index (χ1) is 10.1. The van der Waals surface area contributed by atoms with Crippen molar-refractivity contribution in [3.05, 3.63) is 45.9 Å². The summed E-state index contributed by atoms with van der Waals surface area (Å²) in [6.07, 6.45) is 4.37. The Kier molecular flexibility index (Phi) is 4.94. The number of thiazole rings is 1. The Morgan fingerprint density at radius 2 is 2.24 bits per heavy atom. The molecule has 2 aromatic rings. The number of rotatable bonds is 6. The average molecular weight is 305 g/mol. The number of benzene rings is 1. The van der Waals surface area contributed by atoms with E-state index < -0.39 is 5.97 Å². The van der Waals surface area contributed by atoms with E-state index in [2.05, 4.69) is 4.98 Å². The SMILES string of the molecule is COc1cc(C=CC(=O)O)ccc1OCc1cnc(C)s1. The molecule has 2 rings (SSSR count). The van der Waals surface area contributed by atoms with Crippen LogP contribution in [0.5, 0.6) is 11.5 Å². The zero-order chi connectivity index (χ0) is 15.2. The topological polar surface area (TPSA) is 68.7 Å². The summed E-state index contributed by atoms with van der Waals surface area (Å²) in [6, 6.07) is 5.26. The molecular weight excluding hydrogens is 290 g/mol. The Labute approximate surface area is 126 Å². The summed E-state index contributed by atoms with van der Waals surface area (Å²) in [4.78, 5) is 15.7. The summed E-state index contributed by atoms with van der Waals surface area (Å²) in [5.74, 6) is 0.176. The first kappa shape index (κ1) is 15.1. The first-order valence-corrected chi connectivity index (χ1v) is 7.03. The van der Waals surface area contributed by atoms with Gasteiger partial charge < -0.3 is 14.6 Å². The lowest BCUT2D eigenvalue weighted by molar-refractivity contribution is -0.131. The van der Waals surface area contributed by atoms with Crippen LogP contribution in [-0.4, -0.2) is 23.2 Å². The second kappa shape index (κ2) is 6.90. The molecule has 0 spiro atoms. The largest absolute Gasteiger partial charge is 0.493 e. The molecule has 0 aliphatic carbocycles. The molecule has 0 saturated carbocycles. The summed E-state index contributed by atoms with van der Waals surface area (Å²) in [5, 5.41) is 9.62. The van der Waals surface area contributed by atoms with Crippen molar-refractivity contribution in [2.75, 3.05) is 7.11 Å². The summed E-state index contributed by atoms with van der Waals surface area (Å²) in [6.45, 7) is 2.37. The summed E-state index contributed by atoms with van der Waals surface area (Å²) in [7, 11) is 1.55. The highest BCUT2D eigenvalue weighted by molar-refractivity contribution is 7.11. The molecule has 0 atom stereocenters. The van der Waals surface area contributed by atoms with Crippen molar-refractivity contribution in [1.29, 1.82) is 0 Å². The number of aryl methyl sites for hydroxylation is 1. The monoisotopic (exact) mass is 305 g/mol. The van der Waals surface area contributed by atoms with Gasteiger partial charge in [-0.25, -0.2) is 9.78 Å². The first-order valence-electron chi connectivity index (χ1n) is 6.21. The number of carboxylic acid groups (broad SMARTS) is 1. The maximum absolute atomic E-state index is 10.5. The van der Waals surface area contributed by atoms with E-state index in [1.807, 2.05) is 6.92 Å². The lowest BCUT2D eigenvalue weighted by Crippen LogP contribution is -1.96. The van der Waals surface area contributed by atoms with Crippen LogP contribution in [0, 0.1) is 6.92 Å². The minimum Gasteiger partial charge on any atom is -0.493 e. The molecule has 0 amide bonds. The molecular formula is C15H15NO4S. The van der Waals surface area contributed by atoms with Crippen molar-refractivity contribution in [2.24, 2.45) is 0 Å². The fourth-order valence-electron chi connectivity index (χ4n) is 1.70. The van der Waals surface area contributed by atoms with Gasteiger partial charge in [0.25, 0.3) is 0 Å². The maximum atomic E-state index is 10.5. The second-order valence-electron chi connectivity index (χ2n) is 4.22. The van der Waals surface area contributed by atoms with Gasteiger partial charge in [-0.2, -0.15) is 0 Å². The van der Waals surface area contributed by atoms with Gasteiger partial charge in [-0.1, -0.05) is 6.07 Å². The van der Waals surface area contributed by atoms with Crippen LogP contribution in [0.3, 0.4) is 0 Å². The molecule has 0 aliphatic rings. The fourth-order valence-corrected chi connectivity index (χ4v) is 2.40. The van der Waals surface area contributed by atoms with Crippen molar-refractivity contribution >= 4 is 23.4 Å². The van der Waals surface area contributed by atoms with Crippen LogP contribution in [0.1, 0.15) is 15.4 Å². The molecule has 1 N–H and O–H groups in total. The lowest BCUT2D eigenvalue weighted by atomic mass is 10.2. The van der Waals surface area contributed by atoms with E-state index in [1.165, 1.54) is 6.08 Å². The van der Waals surface area contributed by atoms with Gasteiger partial charge in [0, 0.05) is 12.3 Å². The Balaban J connectivity index is 2.10. The number of nitrogens with zero attached hydrogens (tertiary/aromatic N) is 1. The molecule has 1 heterocycles. The van der Waals surface area contributed by atoms with Crippen molar-refractivity contribution in [2.45, 2.75) is 13.5 Å². The summed E-state index contributed by atoms with van der Waals surface area (Å²) in [5.41, 5.74) is 0.732. The zero-order valence-corrected chi connectivity index (χ0v) is 12.5. The van der Waals surface area contributed by atoms with Gasteiger partial charge in [-0.15, -0.1) is 11.3 Å². The molecule has 110 valence electrons. The van der Waals surface area contributed by atoms with Crippen molar-refractivity contribution in [1.82, 2.24) is 4.98 Å². The predicted molar refractivity (Wildman–Crippen MR) is 80.8 cm³/mol. The number of hydrogen-bond acceptors (Lipinski definition) is 5. The molecule has 0 aliphatic heterocycles. The highest BCUT2D eigenvalue weighted by Gasteiger charge is 2.06. The van der Waals surface area contributed by atoms with Crippen LogP contribution in [0.2, 0.25) is 0 Å². The average Bonchev–Trinajstić information content (AvgIpc) is 2.88. The van der Waals surface area contributed by atoms with Crippen molar-refractivity contribution in [3.8, 4) is 11.5 Å². The number of aromatic nitrogens is 1. The third-order valence-electron chi connectivity index (χ3n) is 2.65. The Morgan fingerprint density at radius 1 is 1.43 bits per heavy atom. The molecule has 1 aromatic carbocycles. The van der Waals surface area contributed by atoms with Crippen LogP contribution in [0.25, 0.3) is 6.08 Å². The molecule has 0 bridgehead atoms. The summed E-state index contributed by atoms with van der Waals surface area (Å²) >= 11 is 1.58. The fraction of sp³-hybridized carbons (Fsp3) is 0.200. The maximum Gasteiger partial charge on any atom is 0.328 e. The lowest BCUT2D eigenvalue weighted by Gasteiger charge is -2.10. The number of carbonyl (C=O) groups is 1. The van der Waals surface area contributed by atoms with Gasteiger partial charge >= 0.3 is 5.97 Å². The zero-order valence-electron chi connectivity index (χ0n) is 11.7. The molecule has 0 unspecified atom stereocenters. The molecule has 0 radical (unpaired) electrons. The van der Waals surface area contributed by atoms with Gasteiger partial charge in [0.05, 0.1) is 17.0 Å². The third-order valence-corrected chi connectivity index (χ3v) is 3.53. The number of aliphatic carboxylic acids is 1. The van der Waals surface area contributed by atoms with E-state index >= 15 is 0 Å². The van der Waals surface area contributed by atoms with E-state index in [0.29, 0.717) is 18.1 Å². The van der Waals surface area contributed by atoms with Crippen LogP contribution in [0.15, 0.2) is 30.5 Å². The highest BCUT2D eigenvalue weighted by atomic mass is 32.1. The Hall–Kier alpha value is -2.34. The molecule has 1 aromatic heterocycles. The van der Waals surface area contributed by atoms with Gasteiger partial charge in [0.15, 0.2) is 11.5 Å².